The van der Waals surface area contributed by atoms with E-state index >= 15 is 0 Å². The van der Waals surface area contributed by atoms with Crippen LogP contribution in [0.4, 0.5) is 35.4 Å². The fourth-order valence-electron chi connectivity index (χ4n) is 4.28. The van der Waals surface area contributed by atoms with Crippen molar-refractivity contribution in [2.75, 3.05) is 16.4 Å². The number of aromatic nitrogens is 3. The summed E-state index contributed by atoms with van der Waals surface area (Å²) in [7, 11) is 0. The van der Waals surface area contributed by atoms with Gasteiger partial charge in [-0.15, -0.1) is 11.3 Å². The van der Waals surface area contributed by atoms with E-state index in [4.69, 9.17) is 5.73 Å². The SMILES string of the molecule is Nc1ccc(Nc2nc(-c3cccc(NC(=O)Cn4nc(C(F)(F)F)c5c4CCCC5)c3)cs2)cc1. The Morgan fingerprint density at radius 3 is 2.64 bits per heavy atom. The zero-order valence-corrected chi connectivity index (χ0v) is 19.9. The van der Waals surface area contributed by atoms with Crippen LogP contribution < -0.4 is 16.4 Å². The standard InChI is InChI=1S/C25H23F3N6OS/c26-25(27,28)23-19-6-1-2-7-21(19)34(33-23)13-22(35)30-18-5-3-4-15(12-18)20-14-36-24(32-20)31-17-10-8-16(29)9-11-17/h3-5,8-12,14H,1-2,6-7,13,29H2,(H,30,35)(H,31,32). The molecule has 0 radical (unpaired) electrons. The average molecular weight is 513 g/mol. The quantitative estimate of drug-likeness (QED) is 0.281. The highest BCUT2D eigenvalue weighted by Gasteiger charge is 2.39. The maximum atomic E-state index is 13.4. The van der Waals surface area contributed by atoms with Gasteiger partial charge in [-0.2, -0.15) is 18.3 Å². The van der Waals surface area contributed by atoms with Crippen LogP contribution in [0.5, 0.6) is 0 Å². The molecular weight excluding hydrogens is 489 g/mol. The Morgan fingerprint density at radius 2 is 1.86 bits per heavy atom. The lowest BCUT2D eigenvalue weighted by molar-refractivity contribution is -0.142. The summed E-state index contributed by atoms with van der Waals surface area (Å²) in [5, 5.41) is 12.4. The molecule has 0 saturated heterocycles. The molecule has 0 saturated carbocycles. The van der Waals surface area contributed by atoms with Gasteiger partial charge in [0.05, 0.1) is 5.69 Å². The monoisotopic (exact) mass is 512 g/mol. The summed E-state index contributed by atoms with van der Waals surface area (Å²) in [5.41, 5.74) is 9.14. The molecule has 1 amide bonds. The van der Waals surface area contributed by atoms with Crippen molar-refractivity contribution in [3.63, 3.8) is 0 Å². The van der Waals surface area contributed by atoms with E-state index in [9.17, 15) is 18.0 Å². The van der Waals surface area contributed by atoms with Crippen molar-refractivity contribution in [2.45, 2.75) is 38.4 Å². The topological polar surface area (TPSA) is 97.9 Å². The van der Waals surface area contributed by atoms with Crippen molar-refractivity contribution in [1.29, 1.82) is 0 Å². The molecule has 0 atom stereocenters. The largest absolute Gasteiger partial charge is 0.435 e. The Balaban J connectivity index is 1.28. The minimum absolute atomic E-state index is 0.218. The number of amides is 1. The minimum atomic E-state index is -4.54. The third kappa shape index (κ3) is 5.20. The zero-order chi connectivity index (χ0) is 25.3. The van der Waals surface area contributed by atoms with Crippen molar-refractivity contribution in [1.82, 2.24) is 14.8 Å². The van der Waals surface area contributed by atoms with Gasteiger partial charge in [-0.1, -0.05) is 12.1 Å². The predicted octanol–water partition coefficient (Wildman–Crippen LogP) is 5.87. The third-order valence-electron chi connectivity index (χ3n) is 5.93. The second kappa shape index (κ2) is 9.65. The molecule has 4 aromatic rings. The van der Waals surface area contributed by atoms with E-state index in [0.717, 1.165) is 23.4 Å². The van der Waals surface area contributed by atoms with Gasteiger partial charge in [-0.25, -0.2) is 4.98 Å². The molecule has 36 heavy (non-hydrogen) atoms. The van der Waals surface area contributed by atoms with Crippen molar-refractivity contribution in [3.05, 3.63) is 70.9 Å². The summed E-state index contributed by atoms with van der Waals surface area (Å²) in [4.78, 5) is 17.3. The van der Waals surface area contributed by atoms with Crippen LogP contribution >= 0.6 is 11.3 Å². The molecule has 0 aliphatic heterocycles. The van der Waals surface area contributed by atoms with E-state index in [0.29, 0.717) is 41.5 Å². The molecule has 186 valence electrons. The summed E-state index contributed by atoms with van der Waals surface area (Å²) in [5.74, 6) is -0.444. The molecule has 2 aromatic carbocycles. The molecule has 0 unspecified atom stereocenters. The Hall–Kier alpha value is -3.86. The van der Waals surface area contributed by atoms with Gasteiger partial charge in [0.15, 0.2) is 10.8 Å². The smallest absolute Gasteiger partial charge is 0.399 e. The lowest BCUT2D eigenvalue weighted by Gasteiger charge is -2.14. The van der Waals surface area contributed by atoms with E-state index < -0.39 is 17.8 Å². The molecule has 0 spiro atoms. The number of hydrogen-bond acceptors (Lipinski definition) is 6. The van der Waals surface area contributed by atoms with Crippen LogP contribution in [0.1, 0.15) is 29.8 Å². The van der Waals surface area contributed by atoms with Gasteiger partial charge in [0.1, 0.15) is 6.54 Å². The number of carbonyl (C=O) groups excluding carboxylic acids is 1. The number of rotatable bonds is 6. The van der Waals surface area contributed by atoms with Gasteiger partial charge < -0.3 is 16.4 Å². The Kier molecular flexibility index (Phi) is 6.40. The van der Waals surface area contributed by atoms with Crippen molar-refractivity contribution >= 4 is 39.4 Å². The van der Waals surface area contributed by atoms with Crippen LogP contribution in [-0.4, -0.2) is 20.7 Å². The number of nitrogen functional groups attached to an aromatic ring is 1. The zero-order valence-electron chi connectivity index (χ0n) is 19.1. The molecule has 0 fully saturated rings. The normalized spacial score (nSPS) is 13.3. The summed E-state index contributed by atoms with van der Waals surface area (Å²) in [6.07, 6.45) is -2.25. The highest BCUT2D eigenvalue weighted by Crippen LogP contribution is 2.36. The van der Waals surface area contributed by atoms with E-state index in [1.165, 1.54) is 16.0 Å². The average Bonchev–Trinajstić information content (AvgIpc) is 3.46. The lowest BCUT2D eigenvalue weighted by Crippen LogP contribution is -2.21. The first-order valence-corrected chi connectivity index (χ1v) is 12.3. The second-order valence-electron chi connectivity index (χ2n) is 8.55. The van der Waals surface area contributed by atoms with Crippen molar-refractivity contribution in [3.8, 4) is 11.3 Å². The van der Waals surface area contributed by atoms with Crippen LogP contribution in [-0.2, 0) is 30.4 Å². The summed E-state index contributed by atoms with van der Waals surface area (Å²) >= 11 is 1.44. The number of carbonyl (C=O) groups is 1. The van der Waals surface area contributed by atoms with E-state index in [1.54, 1.807) is 30.3 Å². The molecule has 1 aliphatic carbocycles. The maximum absolute atomic E-state index is 13.4. The number of fused-ring (bicyclic) bond motifs is 1. The predicted molar refractivity (Wildman–Crippen MR) is 134 cm³/mol. The Bertz CT molecular complexity index is 1390. The lowest BCUT2D eigenvalue weighted by atomic mass is 9.95. The Morgan fingerprint density at radius 1 is 1.08 bits per heavy atom. The van der Waals surface area contributed by atoms with Crippen LogP contribution in [0.25, 0.3) is 11.3 Å². The highest BCUT2D eigenvalue weighted by atomic mass is 32.1. The van der Waals surface area contributed by atoms with Gasteiger partial charge in [0, 0.05) is 39.3 Å². The summed E-state index contributed by atoms with van der Waals surface area (Å²) in [6.45, 7) is -0.283. The third-order valence-corrected chi connectivity index (χ3v) is 6.68. The first-order valence-electron chi connectivity index (χ1n) is 11.4. The number of thiazole rings is 1. The van der Waals surface area contributed by atoms with Gasteiger partial charge in [0.25, 0.3) is 0 Å². The molecule has 5 rings (SSSR count). The molecule has 11 heteroatoms. The number of benzene rings is 2. The fourth-order valence-corrected chi connectivity index (χ4v) is 5.02. The van der Waals surface area contributed by atoms with Crippen LogP contribution in [0.2, 0.25) is 0 Å². The molecule has 2 heterocycles. The number of nitrogens with one attached hydrogen (secondary N) is 2. The van der Waals surface area contributed by atoms with Gasteiger partial charge >= 0.3 is 6.18 Å². The summed E-state index contributed by atoms with van der Waals surface area (Å²) in [6, 6.07) is 14.5. The highest BCUT2D eigenvalue weighted by molar-refractivity contribution is 7.14. The number of nitrogens with zero attached hydrogens (tertiary/aromatic N) is 3. The van der Waals surface area contributed by atoms with Gasteiger partial charge in [-0.05, 0) is 62.1 Å². The maximum Gasteiger partial charge on any atom is 0.435 e. The van der Waals surface area contributed by atoms with Gasteiger partial charge in [0.2, 0.25) is 5.91 Å². The van der Waals surface area contributed by atoms with Gasteiger partial charge in [-0.3, -0.25) is 9.48 Å². The molecule has 4 N–H and O–H groups in total. The molecule has 2 aromatic heterocycles. The number of hydrogen-bond donors (Lipinski definition) is 3. The van der Waals surface area contributed by atoms with E-state index in [1.807, 2.05) is 23.6 Å². The molecular formula is C25H23F3N6OS. The second-order valence-corrected chi connectivity index (χ2v) is 9.41. The van der Waals surface area contributed by atoms with Crippen molar-refractivity contribution < 1.29 is 18.0 Å². The molecule has 7 nitrogen and oxygen atoms in total. The molecule has 0 bridgehead atoms. The Labute approximate surface area is 209 Å². The minimum Gasteiger partial charge on any atom is -0.399 e. The van der Waals surface area contributed by atoms with Crippen LogP contribution in [0.15, 0.2) is 53.9 Å². The number of alkyl halides is 3. The van der Waals surface area contributed by atoms with E-state index in [2.05, 4.69) is 20.7 Å². The first-order chi connectivity index (χ1) is 17.3. The first kappa shape index (κ1) is 23.9. The number of anilines is 4. The number of nitrogens with two attached hydrogens (primary N) is 1. The summed E-state index contributed by atoms with van der Waals surface area (Å²) < 4.78 is 41.5. The number of halogens is 3. The fraction of sp³-hybridized carbons (Fsp3) is 0.240. The molecule has 1 aliphatic rings. The van der Waals surface area contributed by atoms with Crippen LogP contribution in [0, 0.1) is 0 Å². The van der Waals surface area contributed by atoms with Crippen molar-refractivity contribution in [2.24, 2.45) is 0 Å². The van der Waals surface area contributed by atoms with Crippen LogP contribution in [0.3, 0.4) is 0 Å². The van der Waals surface area contributed by atoms with E-state index in [-0.39, 0.29) is 12.1 Å².